The Morgan fingerprint density at radius 2 is 2.05 bits per heavy atom. The average molecular weight is 285 g/mol. The number of methoxy groups -OCH3 is 1. The number of aryl methyl sites for hydroxylation is 1. The van der Waals surface area contributed by atoms with Gasteiger partial charge in [0.15, 0.2) is 0 Å². The van der Waals surface area contributed by atoms with Gasteiger partial charge in [-0.15, -0.1) is 12.4 Å². The Labute approximate surface area is 122 Å². The molecular formula is C15H25ClN2O. The summed E-state index contributed by atoms with van der Waals surface area (Å²) >= 11 is 0. The highest BCUT2D eigenvalue weighted by Crippen LogP contribution is 2.22. The summed E-state index contributed by atoms with van der Waals surface area (Å²) in [4.78, 5) is 2.51. The third-order valence-corrected chi connectivity index (χ3v) is 3.71. The minimum atomic E-state index is 0. The van der Waals surface area contributed by atoms with Crippen molar-refractivity contribution in [2.45, 2.75) is 19.4 Å². The van der Waals surface area contributed by atoms with Crippen molar-refractivity contribution < 1.29 is 4.74 Å². The summed E-state index contributed by atoms with van der Waals surface area (Å²) in [6, 6.07) is 9.53. The van der Waals surface area contributed by atoms with Gasteiger partial charge in [-0.25, -0.2) is 0 Å². The van der Waals surface area contributed by atoms with Crippen LogP contribution in [-0.2, 0) is 11.2 Å². The summed E-state index contributed by atoms with van der Waals surface area (Å²) in [6.07, 6.45) is 1.11. The van der Waals surface area contributed by atoms with Crippen molar-refractivity contribution in [1.82, 2.24) is 10.2 Å². The van der Waals surface area contributed by atoms with E-state index in [1.54, 1.807) is 7.11 Å². The van der Waals surface area contributed by atoms with Crippen LogP contribution in [0.1, 0.15) is 24.1 Å². The molecule has 1 heterocycles. The maximum absolute atomic E-state index is 5.20. The van der Waals surface area contributed by atoms with Crippen LogP contribution in [0.5, 0.6) is 0 Å². The van der Waals surface area contributed by atoms with Crippen molar-refractivity contribution in [2.24, 2.45) is 0 Å². The molecule has 1 fully saturated rings. The lowest BCUT2D eigenvalue weighted by Gasteiger charge is -2.36. The molecule has 0 bridgehead atoms. The molecule has 0 spiro atoms. The van der Waals surface area contributed by atoms with Crippen molar-refractivity contribution in [3.63, 3.8) is 0 Å². The molecule has 0 saturated carbocycles. The van der Waals surface area contributed by atoms with Gasteiger partial charge in [0.2, 0.25) is 0 Å². The van der Waals surface area contributed by atoms with E-state index >= 15 is 0 Å². The van der Waals surface area contributed by atoms with Gasteiger partial charge in [-0.2, -0.15) is 0 Å². The van der Waals surface area contributed by atoms with Crippen molar-refractivity contribution in [3.8, 4) is 0 Å². The highest BCUT2D eigenvalue weighted by atomic mass is 35.5. The number of nitrogens with one attached hydrogen (secondary N) is 1. The van der Waals surface area contributed by atoms with E-state index in [1.807, 2.05) is 0 Å². The number of piperazine rings is 1. The Kier molecular flexibility index (Phi) is 7.39. The first-order valence-corrected chi connectivity index (χ1v) is 6.87. The van der Waals surface area contributed by atoms with Gasteiger partial charge in [0.1, 0.15) is 0 Å². The molecule has 1 aromatic carbocycles. The lowest BCUT2D eigenvalue weighted by molar-refractivity contribution is 0.104. The SMILES string of the molecule is CCc1ccc(C2CNCCN2CCOC)cc1.Cl. The molecule has 1 aliphatic heterocycles. The number of halogens is 1. The third-order valence-electron chi connectivity index (χ3n) is 3.71. The second kappa shape index (κ2) is 8.54. The quantitative estimate of drug-likeness (QED) is 0.898. The van der Waals surface area contributed by atoms with Gasteiger partial charge in [-0.1, -0.05) is 31.2 Å². The maximum atomic E-state index is 5.20. The third kappa shape index (κ3) is 4.46. The van der Waals surface area contributed by atoms with Crippen molar-refractivity contribution in [1.29, 1.82) is 0 Å². The smallest absolute Gasteiger partial charge is 0.0589 e. The van der Waals surface area contributed by atoms with Crippen molar-refractivity contribution >= 4 is 12.4 Å². The second-order valence-corrected chi connectivity index (χ2v) is 4.84. The topological polar surface area (TPSA) is 24.5 Å². The average Bonchev–Trinajstić information content (AvgIpc) is 2.45. The fourth-order valence-corrected chi connectivity index (χ4v) is 2.53. The highest BCUT2D eigenvalue weighted by Gasteiger charge is 2.22. The molecular weight excluding hydrogens is 260 g/mol. The van der Waals surface area contributed by atoms with Crippen LogP contribution >= 0.6 is 12.4 Å². The minimum absolute atomic E-state index is 0. The lowest BCUT2D eigenvalue weighted by Crippen LogP contribution is -2.47. The van der Waals surface area contributed by atoms with Crippen LogP contribution in [0, 0.1) is 0 Å². The van der Waals surface area contributed by atoms with E-state index < -0.39 is 0 Å². The van der Waals surface area contributed by atoms with E-state index in [1.165, 1.54) is 11.1 Å². The van der Waals surface area contributed by atoms with Crippen LogP contribution < -0.4 is 5.32 Å². The monoisotopic (exact) mass is 284 g/mol. The van der Waals surface area contributed by atoms with E-state index in [0.29, 0.717) is 6.04 Å². The number of nitrogens with zero attached hydrogens (tertiary/aromatic N) is 1. The molecule has 19 heavy (non-hydrogen) atoms. The van der Waals surface area contributed by atoms with Crippen molar-refractivity contribution in [3.05, 3.63) is 35.4 Å². The summed E-state index contributed by atoms with van der Waals surface area (Å²) < 4.78 is 5.20. The maximum Gasteiger partial charge on any atom is 0.0589 e. The number of hydrogen-bond donors (Lipinski definition) is 1. The summed E-state index contributed by atoms with van der Waals surface area (Å²) in [7, 11) is 1.77. The summed E-state index contributed by atoms with van der Waals surface area (Å²) in [5.74, 6) is 0. The Morgan fingerprint density at radius 1 is 1.32 bits per heavy atom. The molecule has 1 atom stereocenters. The minimum Gasteiger partial charge on any atom is -0.383 e. The number of hydrogen-bond acceptors (Lipinski definition) is 3. The Bertz CT molecular complexity index is 356. The van der Waals surface area contributed by atoms with Gasteiger partial charge in [-0.05, 0) is 17.5 Å². The van der Waals surface area contributed by atoms with E-state index in [9.17, 15) is 0 Å². The molecule has 1 aliphatic rings. The lowest BCUT2D eigenvalue weighted by atomic mass is 10.0. The van der Waals surface area contributed by atoms with Gasteiger partial charge in [-0.3, -0.25) is 4.90 Å². The first-order valence-electron chi connectivity index (χ1n) is 6.87. The van der Waals surface area contributed by atoms with Crippen molar-refractivity contribution in [2.75, 3.05) is 39.9 Å². The number of benzene rings is 1. The van der Waals surface area contributed by atoms with Crippen LogP contribution in [0.2, 0.25) is 0 Å². The van der Waals surface area contributed by atoms with Crippen LogP contribution in [0.4, 0.5) is 0 Å². The van der Waals surface area contributed by atoms with Gasteiger partial charge < -0.3 is 10.1 Å². The molecule has 0 radical (unpaired) electrons. The summed E-state index contributed by atoms with van der Waals surface area (Å²) in [5, 5.41) is 3.49. The fourth-order valence-electron chi connectivity index (χ4n) is 2.53. The van der Waals surface area contributed by atoms with Gasteiger partial charge in [0.25, 0.3) is 0 Å². The predicted octanol–water partition coefficient (Wildman–Crippen LogP) is 2.26. The van der Waals surface area contributed by atoms with E-state index in [-0.39, 0.29) is 12.4 Å². The molecule has 0 aliphatic carbocycles. The zero-order valence-corrected chi connectivity index (χ0v) is 12.7. The number of ether oxygens (including phenoxy) is 1. The normalized spacial score (nSPS) is 20.0. The Balaban J connectivity index is 0.00000180. The molecule has 0 aromatic heterocycles. The van der Waals surface area contributed by atoms with E-state index in [0.717, 1.165) is 39.2 Å². The standard InChI is InChI=1S/C15H24N2O.ClH/c1-3-13-4-6-14(7-5-13)15-12-16-8-9-17(15)10-11-18-2;/h4-7,15-16H,3,8-12H2,1-2H3;1H. The number of rotatable bonds is 5. The summed E-state index contributed by atoms with van der Waals surface area (Å²) in [6.45, 7) is 7.23. The molecule has 1 aromatic rings. The van der Waals surface area contributed by atoms with E-state index in [2.05, 4.69) is 41.4 Å². The second-order valence-electron chi connectivity index (χ2n) is 4.84. The fraction of sp³-hybridized carbons (Fsp3) is 0.600. The predicted molar refractivity (Wildman–Crippen MR) is 82.1 cm³/mol. The first kappa shape index (κ1) is 16.4. The largest absolute Gasteiger partial charge is 0.383 e. The highest BCUT2D eigenvalue weighted by molar-refractivity contribution is 5.85. The zero-order valence-electron chi connectivity index (χ0n) is 11.9. The molecule has 2 rings (SSSR count). The van der Waals surface area contributed by atoms with E-state index in [4.69, 9.17) is 4.74 Å². The zero-order chi connectivity index (χ0) is 12.8. The molecule has 1 unspecified atom stereocenters. The van der Waals surface area contributed by atoms with Crippen LogP contribution in [0.15, 0.2) is 24.3 Å². The Hall–Kier alpha value is -0.610. The van der Waals surface area contributed by atoms with Crippen LogP contribution in [0.3, 0.4) is 0 Å². The molecule has 108 valence electrons. The molecule has 3 nitrogen and oxygen atoms in total. The molecule has 1 N–H and O–H groups in total. The molecule has 4 heteroatoms. The molecule has 1 saturated heterocycles. The molecule has 0 amide bonds. The van der Waals surface area contributed by atoms with Gasteiger partial charge in [0.05, 0.1) is 6.61 Å². The summed E-state index contributed by atoms with van der Waals surface area (Å²) in [5.41, 5.74) is 2.82. The van der Waals surface area contributed by atoms with Gasteiger partial charge >= 0.3 is 0 Å². The van der Waals surface area contributed by atoms with Gasteiger partial charge in [0, 0.05) is 39.3 Å². The Morgan fingerprint density at radius 3 is 2.68 bits per heavy atom. The van der Waals surface area contributed by atoms with Crippen LogP contribution in [0.25, 0.3) is 0 Å². The van der Waals surface area contributed by atoms with Crippen LogP contribution in [-0.4, -0.2) is 44.8 Å². The first-order chi connectivity index (χ1) is 8.85.